The highest BCUT2D eigenvalue weighted by atomic mass is 19.4. The Kier molecular flexibility index (Phi) is 13.1. The van der Waals surface area contributed by atoms with Gasteiger partial charge in [0.15, 0.2) is 0 Å². The van der Waals surface area contributed by atoms with E-state index in [2.05, 4.69) is 0 Å². The summed E-state index contributed by atoms with van der Waals surface area (Å²) in [5.41, 5.74) is 0. The Labute approximate surface area is 297 Å². The molecule has 0 N–H and O–H groups in total. The number of hydrogen-bond acceptors (Lipinski definition) is 0. The molecule has 37 heteroatoms. The molecule has 0 rings (SSSR count). The average molecular weight is 976 g/mol. The zero-order valence-electron chi connectivity index (χ0n) is 26.3. The van der Waals surface area contributed by atoms with E-state index in [1.165, 1.54) is 0 Å². The van der Waals surface area contributed by atoms with Crippen molar-refractivity contribution in [1.29, 1.82) is 0 Å². The topological polar surface area (TPSA) is 0 Å². The molecule has 0 aromatic heterocycles. The summed E-state index contributed by atoms with van der Waals surface area (Å²) in [6, 6.07) is 0. The van der Waals surface area contributed by atoms with Crippen LogP contribution in [0.4, 0.5) is 162 Å². The Morgan fingerprint density at radius 3 is 0.441 bits per heavy atom. The Morgan fingerprint density at radius 1 is 0.203 bits per heavy atom. The fraction of sp³-hybridized carbons (Fsp3) is 1.00. The first-order valence-electron chi connectivity index (χ1n) is 13.2. The predicted octanol–water partition coefficient (Wildman–Crippen LogP) is 13.4. The van der Waals surface area contributed by atoms with Crippen molar-refractivity contribution in [3.63, 3.8) is 0 Å². The Bertz CT molecular complexity index is 1500. The molecule has 0 unspecified atom stereocenters. The van der Waals surface area contributed by atoms with Gasteiger partial charge in [-0.1, -0.05) is 13.8 Å². The Balaban J connectivity index is 7.86. The molecule has 0 atom stereocenters. The lowest BCUT2D eigenvalue weighted by Crippen LogP contribution is -2.80. The van der Waals surface area contributed by atoms with Gasteiger partial charge in [-0.3, -0.25) is 0 Å². The minimum atomic E-state index is -10.4. The van der Waals surface area contributed by atoms with Crippen LogP contribution in [-0.2, 0) is 0 Å². The molecular formula is C22H9F37. The summed E-state index contributed by atoms with van der Waals surface area (Å²) in [4.78, 5) is 0. The smallest absolute Gasteiger partial charge is 0.200 e. The van der Waals surface area contributed by atoms with Crippen molar-refractivity contribution in [1.82, 2.24) is 0 Å². The summed E-state index contributed by atoms with van der Waals surface area (Å²) >= 11 is 0. The van der Waals surface area contributed by atoms with Crippen LogP contribution in [0.5, 0.6) is 0 Å². The summed E-state index contributed by atoms with van der Waals surface area (Å²) in [5, 5.41) is 0. The highest BCUT2D eigenvalue weighted by molar-refractivity contribution is 5.23. The van der Waals surface area contributed by atoms with Crippen molar-refractivity contribution in [2.45, 2.75) is 127 Å². The van der Waals surface area contributed by atoms with E-state index in [-0.39, 0.29) is 13.8 Å². The van der Waals surface area contributed by atoms with Crippen LogP contribution in [0.15, 0.2) is 0 Å². The summed E-state index contributed by atoms with van der Waals surface area (Å²) in [7, 11) is 0. The summed E-state index contributed by atoms with van der Waals surface area (Å²) in [6.45, 7) is 0.530. The van der Waals surface area contributed by atoms with E-state index in [9.17, 15) is 162 Å². The van der Waals surface area contributed by atoms with Gasteiger partial charge >= 0.3 is 107 Å². The van der Waals surface area contributed by atoms with Crippen molar-refractivity contribution in [2.75, 3.05) is 0 Å². The first-order valence-corrected chi connectivity index (χ1v) is 13.2. The number of hydrogen-bond donors (Lipinski definition) is 0. The first kappa shape index (κ1) is 56.4. The first-order chi connectivity index (χ1) is 24.7. The zero-order chi connectivity index (χ0) is 49.3. The monoisotopic (exact) mass is 976 g/mol. The third kappa shape index (κ3) is 6.54. The minimum Gasteiger partial charge on any atom is -0.200 e. The van der Waals surface area contributed by atoms with Gasteiger partial charge in [-0.05, 0) is 5.92 Å². The van der Waals surface area contributed by atoms with Crippen LogP contribution in [0.3, 0.4) is 0 Å². The molecule has 0 aromatic rings. The van der Waals surface area contributed by atoms with Crippen molar-refractivity contribution in [3.05, 3.63) is 0 Å². The highest BCUT2D eigenvalue weighted by Crippen LogP contribution is 2.70. The second-order valence-corrected chi connectivity index (χ2v) is 12.0. The quantitative estimate of drug-likeness (QED) is 0.120. The minimum absolute atomic E-state index is 0.265. The van der Waals surface area contributed by atoms with Gasteiger partial charge in [0.2, 0.25) is 0 Å². The lowest BCUT2D eigenvalue weighted by molar-refractivity contribution is -0.493. The lowest BCUT2D eigenvalue weighted by atomic mass is 9.82. The molecule has 0 heterocycles. The lowest BCUT2D eigenvalue weighted by Gasteiger charge is -2.47. The van der Waals surface area contributed by atoms with Gasteiger partial charge in [-0.25, -0.2) is 0 Å². The highest BCUT2D eigenvalue weighted by Gasteiger charge is 3.02. The van der Waals surface area contributed by atoms with Crippen molar-refractivity contribution >= 4 is 0 Å². The zero-order valence-corrected chi connectivity index (χ0v) is 26.3. The van der Waals surface area contributed by atoms with E-state index in [0.717, 1.165) is 0 Å². The van der Waals surface area contributed by atoms with Crippen molar-refractivity contribution in [3.8, 4) is 0 Å². The van der Waals surface area contributed by atoms with Crippen molar-refractivity contribution in [2.24, 2.45) is 5.92 Å². The van der Waals surface area contributed by atoms with Crippen LogP contribution >= 0.6 is 0 Å². The maximum absolute atomic E-state index is 14.0. The molecule has 59 heavy (non-hydrogen) atoms. The standard InChI is InChI=1S/C22H9F37/c1-4(2)3-5(23,24)6(25,26)7(27,28)8(29,30)9(31,32)10(33,34)11(35,36)12(37,38)13(39,40)14(41,42)15(43,44)16(45,46)17(47,48)18(49,50)19(51,52)20(53,54)21(55,56)22(57,58)59/h4H,3H2,1-2H3. The predicted molar refractivity (Wildman–Crippen MR) is 110 cm³/mol. The normalized spacial score (nSPS) is 17.3. The molecule has 356 valence electrons. The molecule has 0 radical (unpaired) electrons. The molecule has 0 saturated carbocycles. The number of alkyl halides is 37. The molecule has 0 fully saturated rings. The van der Waals surface area contributed by atoms with E-state index < -0.39 is 119 Å². The molecule has 0 aromatic carbocycles. The second-order valence-electron chi connectivity index (χ2n) is 12.0. The van der Waals surface area contributed by atoms with Gasteiger partial charge < -0.3 is 0 Å². The molecule has 0 nitrogen and oxygen atoms in total. The maximum Gasteiger partial charge on any atom is 0.460 e. The van der Waals surface area contributed by atoms with Gasteiger partial charge in [0.1, 0.15) is 0 Å². The van der Waals surface area contributed by atoms with Gasteiger partial charge in [0, 0.05) is 6.42 Å². The van der Waals surface area contributed by atoms with E-state index >= 15 is 0 Å². The third-order valence-corrected chi connectivity index (χ3v) is 7.40. The SMILES string of the molecule is CC(C)CC(F)(F)C(F)(F)C(F)(F)C(F)(F)C(F)(F)C(F)(F)C(F)(F)C(F)(F)C(F)(F)C(F)(F)C(F)(F)C(F)(F)C(F)(F)C(F)(F)C(F)(F)C(F)(F)C(F)(F)C(F)(F)F. The third-order valence-electron chi connectivity index (χ3n) is 7.40. The molecular weight excluding hydrogens is 967 g/mol. The molecule has 0 aliphatic rings. The fourth-order valence-corrected chi connectivity index (χ4v) is 3.81. The molecule has 0 aliphatic carbocycles. The number of halogens is 37. The summed E-state index contributed by atoms with van der Waals surface area (Å²) in [6.07, 6.45) is -11.4. The molecule has 0 saturated heterocycles. The molecule has 0 bridgehead atoms. The van der Waals surface area contributed by atoms with E-state index in [1.807, 2.05) is 0 Å². The largest absolute Gasteiger partial charge is 0.460 e. The molecule has 0 spiro atoms. The summed E-state index contributed by atoms with van der Waals surface area (Å²) < 4.78 is 503. The van der Waals surface area contributed by atoms with Crippen LogP contribution in [0.1, 0.15) is 20.3 Å². The number of rotatable bonds is 18. The van der Waals surface area contributed by atoms with Crippen LogP contribution in [0.25, 0.3) is 0 Å². The van der Waals surface area contributed by atoms with Crippen molar-refractivity contribution < 1.29 is 162 Å². The van der Waals surface area contributed by atoms with Crippen LogP contribution < -0.4 is 0 Å². The van der Waals surface area contributed by atoms with Crippen LogP contribution in [0.2, 0.25) is 0 Å². The summed E-state index contributed by atoms with van der Waals surface area (Å²) in [5.74, 6) is -167. The molecule has 0 aliphatic heterocycles. The second kappa shape index (κ2) is 13.7. The van der Waals surface area contributed by atoms with Gasteiger partial charge in [0.05, 0.1) is 0 Å². The maximum atomic E-state index is 14.0. The fourth-order valence-electron chi connectivity index (χ4n) is 3.81. The van der Waals surface area contributed by atoms with E-state index in [4.69, 9.17) is 0 Å². The molecule has 0 amide bonds. The Hall–Kier alpha value is -2.59. The Morgan fingerprint density at radius 2 is 0.322 bits per heavy atom. The van der Waals surface area contributed by atoms with E-state index in [1.54, 1.807) is 0 Å². The van der Waals surface area contributed by atoms with Crippen LogP contribution in [0, 0.1) is 5.92 Å². The van der Waals surface area contributed by atoms with Crippen LogP contribution in [-0.4, -0.2) is 107 Å². The van der Waals surface area contributed by atoms with Gasteiger partial charge in [-0.15, -0.1) is 0 Å². The average Bonchev–Trinajstić information content (AvgIpc) is 2.98. The van der Waals surface area contributed by atoms with Gasteiger partial charge in [-0.2, -0.15) is 162 Å². The van der Waals surface area contributed by atoms with E-state index in [0.29, 0.717) is 0 Å². The van der Waals surface area contributed by atoms with Gasteiger partial charge in [0.25, 0.3) is 0 Å².